The standard InChI is InChI=1S/C22H29N7O6/c1-3-24-20(32)17-15(30)16(31)21(35-17)29-11-25-14-18(23)26-13(27-19(14)29)8-6-10-28-9-5-4-7-12(28)22(33)34-2/h11-12,15-17,21,30-31H,3-5,7,9-10H2,1-2H3,(H,24,32)(H2,23,26,27)/t12?,15-,16?,17+,21-/m1/s1. The third-order valence-corrected chi connectivity index (χ3v) is 6.14. The van der Waals surface area contributed by atoms with Crippen molar-refractivity contribution in [3.63, 3.8) is 0 Å². The van der Waals surface area contributed by atoms with E-state index in [0.717, 1.165) is 25.8 Å². The van der Waals surface area contributed by atoms with Crippen LogP contribution in [0, 0.1) is 11.8 Å². The number of rotatable bonds is 5. The van der Waals surface area contributed by atoms with Crippen molar-refractivity contribution in [2.45, 2.75) is 56.8 Å². The number of likely N-dealkylation sites (tertiary alicyclic amines) is 1. The Bertz CT molecular complexity index is 1160. The molecule has 0 saturated carbocycles. The number of esters is 1. The van der Waals surface area contributed by atoms with Gasteiger partial charge in [0.15, 0.2) is 23.8 Å². The van der Waals surface area contributed by atoms with Gasteiger partial charge in [0.1, 0.15) is 23.8 Å². The molecule has 188 valence electrons. The highest BCUT2D eigenvalue weighted by Gasteiger charge is 2.47. The van der Waals surface area contributed by atoms with E-state index < -0.39 is 30.4 Å². The van der Waals surface area contributed by atoms with Crippen molar-refractivity contribution in [2.24, 2.45) is 0 Å². The maximum Gasteiger partial charge on any atom is 0.323 e. The van der Waals surface area contributed by atoms with Gasteiger partial charge in [0.05, 0.1) is 20.0 Å². The smallest absolute Gasteiger partial charge is 0.323 e. The lowest BCUT2D eigenvalue weighted by Crippen LogP contribution is -2.45. The van der Waals surface area contributed by atoms with Crippen molar-refractivity contribution in [1.29, 1.82) is 0 Å². The Kier molecular flexibility index (Phi) is 7.46. The SMILES string of the molecule is CCNC(=O)[C@H]1O[C@@H](n2cnc3c(N)nc(C#CCN4CCCCC4C(=O)OC)nc32)C(O)[C@H]1O. The van der Waals surface area contributed by atoms with Gasteiger partial charge >= 0.3 is 5.97 Å². The molecule has 2 saturated heterocycles. The minimum atomic E-state index is -1.44. The second-order valence-electron chi connectivity index (χ2n) is 8.39. The number of nitrogen functional groups attached to an aromatic ring is 1. The molecular formula is C22H29N7O6. The van der Waals surface area contributed by atoms with Crippen LogP contribution in [0.2, 0.25) is 0 Å². The van der Waals surface area contributed by atoms with Crippen LogP contribution < -0.4 is 11.1 Å². The van der Waals surface area contributed by atoms with E-state index in [4.69, 9.17) is 15.2 Å². The molecule has 2 aromatic heterocycles. The van der Waals surface area contributed by atoms with E-state index in [0.29, 0.717) is 13.1 Å². The fraction of sp³-hybridized carbons (Fsp3) is 0.591. The van der Waals surface area contributed by atoms with Crippen molar-refractivity contribution < 1.29 is 29.3 Å². The number of piperidine rings is 1. The summed E-state index contributed by atoms with van der Waals surface area (Å²) in [7, 11) is 1.37. The van der Waals surface area contributed by atoms with Crippen molar-refractivity contribution in [3.8, 4) is 11.8 Å². The molecule has 2 aliphatic rings. The van der Waals surface area contributed by atoms with Gasteiger partial charge in [0, 0.05) is 6.54 Å². The molecule has 0 radical (unpaired) electrons. The summed E-state index contributed by atoms with van der Waals surface area (Å²) in [5, 5.41) is 23.4. The predicted octanol–water partition coefficient (Wildman–Crippen LogP) is -1.46. The highest BCUT2D eigenvalue weighted by Crippen LogP contribution is 2.32. The number of aromatic nitrogens is 4. The van der Waals surface area contributed by atoms with Crippen molar-refractivity contribution >= 4 is 28.9 Å². The number of methoxy groups -OCH3 is 1. The first kappa shape index (κ1) is 24.8. The number of hydrogen-bond acceptors (Lipinski definition) is 11. The first-order valence-electron chi connectivity index (χ1n) is 11.5. The number of nitrogens with zero attached hydrogens (tertiary/aromatic N) is 5. The number of hydrogen-bond donors (Lipinski definition) is 4. The van der Waals surface area contributed by atoms with E-state index >= 15 is 0 Å². The van der Waals surface area contributed by atoms with Crippen LogP contribution in [-0.2, 0) is 19.1 Å². The van der Waals surface area contributed by atoms with E-state index in [1.54, 1.807) is 6.92 Å². The van der Waals surface area contributed by atoms with Crippen molar-refractivity contribution in [1.82, 2.24) is 29.7 Å². The molecule has 13 heteroatoms. The van der Waals surface area contributed by atoms with Gasteiger partial charge in [-0.05, 0) is 32.2 Å². The van der Waals surface area contributed by atoms with E-state index in [2.05, 4.69) is 32.1 Å². The largest absolute Gasteiger partial charge is 0.468 e. The molecule has 35 heavy (non-hydrogen) atoms. The number of aliphatic hydroxyl groups excluding tert-OH is 2. The molecular weight excluding hydrogens is 458 g/mol. The topological polar surface area (TPSA) is 178 Å². The zero-order valence-corrected chi connectivity index (χ0v) is 19.5. The number of fused-ring (bicyclic) bond motifs is 1. The predicted molar refractivity (Wildman–Crippen MR) is 122 cm³/mol. The molecule has 2 aliphatic heterocycles. The molecule has 2 unspecified atom stereocenters. The number of ether oxygens (including phenoxy) is 2. The van der Waals surface area contributed by atoms with E-state index in [1.165, 1.54) is 18.0 Å². The Morgan fingerprint density at radius 3 is 2.86 bits per heavy atom. The molecule has 2 fully saturated rings. The fourth-order valence-electron chi connectivity index (χ4n) is 4.36. The van der Waals surface area contributed by atoms with Crippen molar-refractivity contribution in [2.75, 3.05) is 32.5 Å². The Balaban J connectivity index is 1.57. The van der Waals surface area contributed by atoms with E-state index in [1.807, 2.05) is 4.90 Å². The maximum atomic E-state index is 12.2. The lowest BCUT2D eigenvalue weighted by molar-refractivity contribution is -0.148. The second kappa shape index (κ2) is 10.5. The number of nitrogens with one attached hydrogen (secondary N) is 1. The molecule has 0 aliphatic carbocycles. The number of anilines is 1. The molecule has 4 heterocycles. The van der Waals surface area contributed by atoms with Gasteiger partial charge < -0.3 is 30.7 Å². The molecule has 2 aromatic rings. The molecule has 0 bridgehead atoms. The Hall–Kier alpha value is -3.31. The summed E-state index contributed by atoms with van der Waals surface area (Å²) < 4.78 is 12.0. The number of nitrogens with two attached hydrogens (primary N) is 1. The first-order valence-corrected chi connectivity index (χ1v) is 11.5. The van der Waals surface area contributed by atoms with Crippen LogP contribution in [0.15, 0.2) is 6.33 Å². The molecule has 0 aromatic carbocycles. The molecule has 0 spiro atoms. The van der Waals surface area contributed by atoms with E-state index in [9.17, 15) is 19.8 Å². The van der Waals surface area contributed by atoms with Crippen LogP contribution >= 0.6 is 0 Å². The number of likely N-dealkylation sites (N-methyl/N-ethyl adjacent to an activating group) is 1. The lowest BCUT2D eigenvalue weighted by Gasteiger charge is -2.31. The van der Waals surface area contributed by atoms with E-state index in [-0.39, 0.29) is 34.8 Å². The molecule has 5 N–H and O–H groups in total. The van der Waals surface area contributed by atoms with Crippen LogP contribution in [0.1, 0.15) is 38.2 Å². The van der Waals surface area contributed by atoms with Crippen LogP contribution in [0.25, 0.3) is 11.2 Å². The summed E-state index contributed by atoms with van der Waals surface area (Å²) in [5.41, 5.74) is 6.56. The number of imidazole rings is 1. The number of carbonyl (C=O) groups excluding carboxylic acids is 2. The molecule has 13 nitrogen and oxygen atoms in total. The van der Waals surface area contributed by atoms with Gasteiger partial charge in [0.25, 0.3) is 5.91 Å². The minimum Gasteiger partial charge on any atom is -0.468 e. The van der Waals surface area contributed by atoms with Crippen LogP contribution in [0.3, 0.4) is 0 Å². The van der Waals surface area contributed by atoms with Gasteiger partial charge in [-0.1, -0.05) is 12.3 Å². The van der Waals surface area contributed by atoms with Crippen LogP contribution in [0.5, 0.6) is 0 Å². The number of aliphatic hydroxyl groups is 2. The second-order valence-corrected chi connectivity index (χ2v) is 8.39. The average molecular weight is 488 g/mol. The summed E-state index contributed by atoms with van der Waals surface area (Å²) in [6, 6.07) is -0.330. The first-order chi connectivity index (χ1) is 16.8. The van der Waals surface area contributed by atoms with Crippen LogP contribution in [-0.4, -0.2) is 97.6 Å². The quantitative estimate of drug-likeness (QED) is 0.286. The third-order valence-electron chi connectivity index (χ3n) is 6.14. The highest BCUT2D eigenvalue weighted by atomic mass is 16.6. The lowest BCUT2D eigenvalue weighted by atomic mass is 10.0. The minimum absolute atomic E-state index is 0.0803. The monoisotopic (exact) mass is 487 g/mol. The van der Waals surface area contributed by atoms with Crippen molar-refractivity contribution in [3.05, 3.63) is 12.2 Å². The zero-order valence-electron chi connectivity index (χ0n) is 19.5. The maximum absolute atomic E-state index is 12.2. The van der Waals surface area contributed by atoms with Gasteiger partial charge in [0.2, 0.25) is 5.82 Å². The fourth-order valence-corrected chi connectivity index (χ4v) is 4.36. The summed E-state index contributed by atoms with van der Waals surface area (Å²) in [6.07, 6.45) is -1.22. The van der Waals surface area contributed by atoms with Gasteiger partial charge in [-0.25, -0.2) is 15.0 Å². The van der Waals surface area contributed by atoms with Gasteiger partial charge in [-0.2, -0.15) is 0 Å². The molecule has 5 atom stereocenters. The summed E-state index contributed by atoms with van der Waals surface area (Å²) in [6.45, 7) is 3.14. The van der Waals surface area contributed by atoms with Gasteiger partial charge in [-0.15, -0.1) is 0 Å². The van der Waals surface area contributed by atoms with Gasteiger partial charge in [-0.3, -0.25) is 19.1 Å². The highest BCUT2D eigenvalue weighted by molar-refractivity contribution is 5.83. The molecule has 1 amide bonds. The summed E-state index contributed by atoms with van der Waals surface area (Å²) in [5.74, 6) is 5.25. The molecule has 4 rings (SSSR count). The normalized spacial score (nSPS) is 26.8. The number of carbonyl (C=O) groups is 2. The summed E-state index contributed by atoms with van der Waals surface area (Å²) in [4.78, 5) is 39.0. The Morgan fingerprint density at radius 2 is 2.11 bits per heavy atom. The summed E-state index contributed by atoms with van der Waals surface area (Å²) >= 11 is 0. The van der Waals surface area contributed by atoms with Crippen LogP contribution in [0.4, 0.5) is 5.82 Å². The Morgan fingerprint density at radius 1 is 1.31 bits per heavy atom. The number of amides is 1. The Labute approximate surface area is 201 Å². The third kappa shape index (κ3) is 4.92. The zero-order chi connectivity index (χ0) is 25.1. The average Bonchev–Trinajstić information content (AvgIpc) is 3.40.